The monoisotopic (exact) mass is 338 g/mol. The summed E-state index contributed by atoms with van der Waals surface area (Å²) in [5, 5.41) is 9.07. The van der Waals surface area contributed by atoms with Gasteiger partial charge in [-0.3, -0.25) is 9.59 Å². The third kappa shape index (κ3) is 3.50. The van der Waals surface area contributed by atoms with E-state index in [9.17, 15) is 9.59 Å². The van der Waals surface area contributed by atoms with Gasteiger partial charge in [0, 0.05) is 11.9 Å². The Morgan fingerprint density at radius 3 is 2.72 bits per heavy atom. The first-order valence-electron chi connectivity index (χ1n) is 8.00. The Kier molecular flexibility index (Phi) is 4.74. The average molecular weight is 338 g/mol. The molecule has 25 heavy (non-hydrogen) atoms. The van der Waals surface area contributed by atoms with Crippen molar-refractivity contribution in [3.05, 3.63) is 64.0 Å². The van der Waals surface area contributed by atoms with Crippen molar-refractivity contribution >= 4 is 22.9 Å². The second kappa shape index (κ2) is 7.12. The highest BCUT2D eigenvalue weighted by Gasteiger charge is 2.16. The minimum absolute atomic E-state index is 0.163. The van der Waals surface area contributed by atoms with Crippen LogP contribution in [0.5, 0.6) is 0 Å². The van der Waals surface area contributed by atoms with Crippen LogP contribution in [0.15, 0.2) is 50.7 Å². The van der Waals surface area contributed by atoms with Crippen LogP contribution >= 0.6 is 0 Å². The molecule has 0 saturated heterocycles. The largest absolute Gasteiger partial charge is 0.460 e. The Balaban J connectivity index is 1.93. The molecule has 0 aliphatic heterocycles. The average Bonchev–Trinajstić information content (AvgIpc) is 3.03. The summed E-state index contributed by atoms with van der Waals surface area (Å²) in [4.78, 5) is 24.9. The quantitative estimate of drug-likeness (QED) is 0.572. The highest BCUT2D eigenvalue weighted by atomic mass is 16.3. The number of amides is 1. The Hall–Kier alpha value is -3.22. The first-order valence-corrected chi connectivity index (χ1v) is 8.00. The van der Waals surface area contributed by atoms with Crippen LogP contribution in [0, 0.1) is 6.92 Å². The number of benzene rings is 1. The number of aryl methyl sites for hydroxylation is 2. The van der Waals surface area contributed by atoms with Gasteiger partial charge in [0.05, 0.1) is 11.6 Å². The van der Waals surface area contributed by atoms with Gasteiger partial charge in [-0.2, -0.15) is 10.2 Å². The lowest BCUT2D eigenvalue weighted by Crippen LogP contribution is -2.29. The molecule has 3 aromatic rings. The lowest BCUT2D eigenvalue weighted by Gasteiger charge is -2.09. The Labute approximate surface area is 144 Å². The molecule has 0 bridgehead atoms. The van der Waals surface area contributed by atoms with Crippen LogP contribution in [-0.4, -0.2) is 21.9 Å². The van der Waals surface area contributed by atoms with Gasteiger partial charge in [-0.1, -0.05) is 25.1 Å². The summed E-state index contributed by atoms with van der Waals surface area (Å²) in [7, 11) is 0. The van der Waals surface area contributed by atoms with E-state index in [1.807, 2.05) is 13.8 Å². The van der Waals surface area contributed by atoms with E-state index in [1.165, 1.54) is 10.9 Å². The molecule has 1 aromatic carbocycles. The van der Waals surface area contributed by atoms with E-state index in [0.29, 0.717) is 23.1 Å². The molecule has 0 unspecified atom stereocenters. The smallest absolute Gasteiger partial charge is 0.292 e. The SMILES string of the molecule is CCCn1nc(C(=O)N/N=C/c2ccc(C)o2)c2ccccc2c1=O. The van der Waals surface area contributed by atoms with E-state index in [2.05, 4.69) is 15.6 Å². The zero-order chi connectivity index (χ0) is 17.8. The highest BCUT2D eigenvalue weighted by Crippen LogP contribution is 2.13. The van der Waals surface area contributed by atoms with E-state index in [4.69, 9.17) is 4.42 Å². The minimum Gasteiger partial charge on any atom is -0.460 e. The Morgan fingerprint density at radius 2 is 2.04 bits per heavy atom. The third-order valence-electron chi connectivity index (χ3n) is 3.64. The standard InChI is InChI=1S/C18H18N4O3/c1-3-10-22-18(24)15-7-5-4-6-14(15)16(21-22)17(23)20-19-11-13-9-8-12(2)25-13/h4-9,11H,3,10H2,1-2H3,(H,20,23)/b19-11+. The lowest BCUT2D eigenvalue weighted by molar-refractivity contribution is 0.0949. The number of carbonyl (C=O) groups excluding carboxylic acids is 1. The van der Waals surface area contributed by atoms with Crippen molar-refractivity contribution in [3.63, 3.8) is 0 Å². The van der Waals surface area contributed by atoms with Crippen LogP contribution in [0.4, 0.5) is 0 Å². The van der Waals surface area contributed by atoms with Crippen LogP contribution in [0.3, 0.4) is 0 Å². The van der Waals surface area contributed by atoms with Gasteiger partial charge < -0.3 is 4.42 Å². The van der Waals surface area contributed by atoms with Crippen LogP contribution in [0.25, 0.3) is 10.8 Å². The van der Waals surface area contributed by atoms with Gasteiger partial charge in [0.1, 0.15) is 11.5 Å². The number of nitrogens with zero attached hydrogens (tertiary/aromatic N) is 3. The van der Waals surface area contributed by atoms with Gasteiger partial charge in [0.15, 0.2) is 5.69 Å². The summed E-state index contributed by atoms with van der Waals surface area (Å²) in [6.07, 6.45) is 2.15. The number of fused-ring (bicyclic) bond motifs is 1. The zero-order valence-corrected chi connectivity index (χ0v) is 14.0. The molecule has 0 saturated carbocycles. The van der Waals surface area contributed by atoms with Gasteiger partial charge >= 0.3 is 0 Å². The fourth-order valence-electron chi connectivity index (χ4n) is 2.50. The molecule has 7 heteroatoms. The maximum absolute atomic E-state index is 12.5. The van der Waals surface area contributed by atoms with E-state index in [-0.39, 0.29) is 11.3 Å². The highest BCUT2D eigenvalue weighted by molar-refractivity contribution is 6.04. The topological polar surface area (TPSA) is 89.5 Å². The molecule has 0 radical (unpaired) electrons. The molecule has 0 spiro atoms. The van der Waals surface area contributed by atoms with Gasteiger partial charge in [0.2, 0.25) is 0 Å². The van der Waals surface area contributed by atoms with Gasteiger partial charge in [0.25, 0.3) is 11.5 Å². The first kappa shape index (κ1) is 16.6. The summed E-state index contributed by atoms with van der Waals surface area (Å²) in [5.41, 5.74) is 2.39. The molecule has 0 atom stereocenters. The number of aromatic nitrogens is 2. The molecule has 2 heterocycles. The number of hydrogen-bond donors (Lipinski definition) is 1. The summed E-state index contributed by atoms with van der Waals surface area (Å²) in [6, 6.07) is 10.5. The fourth-order valence-corrected chi connectivity index (χ4v) is 2.50. The molecule has 0 aliphatic rings. The Morgan fingerprint density at radius 1 is 1.28 bits per heavy atom. The van der Waals surface area contributed by atoms with Crippen LogP contribution in [0.1, 0.15) is 35.4 Å². The van der Waals surface area contributed by atoms with E-state index >= 15 is 0 Å². The molecule has 3 rings (SSSR count). The van der Waals surface area contributed by atoms with Gasteiger partial charge in [-0.05, 0) is 31.5 Å². The second-order valence-electron chi connectivity index (χ2n) is 5.57. The van der Waals surface area contributed by atoms with Gasteiger partial charge in [-0.25, -0.2) is 10.1 Å². The molecular formula is C18H18N4O3. The molecule has 128 valence electrons. The summed E-state index contributed by atoms with van der Waals surface area (Å²) >= 11 is 0. The molecule has 2 aromatic heterocycles. The van der Waals surface area contributed by atoms with Crippen molar-refractivity contribution in [1.29, 1.82) is 0 Å². The van der Waals surface area contributed by atoms with Crippen molar-refractivity contribution < 1.29 is 9.21 Å². The van der Waals surface area contributed by atoms with Crippen molar-refractivity contribution in [2.24, 2.45) is 5.10 Å². The maximum Gasteiger partial charge on any atom is 0.292 e. The molecule has 7 nitrogen and oxygen atoms in total. The van der Waals surface area contributed by atoms with Crippen molar-refractivity contribution in [2.75, 3.05) is 0 Å². The van der Waals surface area contributed by atoms with Crippen LogP contribution in [0.2, 0.25) is 0 Å². The molecular weight excluding hydrogens is 320 g/mol. The van der Waals surface area contributed by atoms with Crippen molar-refractivity contribution in [3.8, 4) is 0 Å². The number of furan rings is 1. The predicted octanol–water partition coefficient (Wildman–Crippen LogP) is 2.47. The number of carbonyl (C=O) groups is 1. The van der Waals surface area contributed by atoms with Gasteiger partial charge in [-0.15, -0.1) is 0 Å². The Bertz CT molecular complexity index is 1000. The summed E-state index contributed by atoms with van der Waals surface area (Å²) < 4.78 is 6.66. The first-order chi connectivity index (χ1) is 12.1. The summed E-state index contributed by atoms with van der Waals surface area (Å²) in [5.74, 6) is 0.805. The van der Waals surface area contributed by atoms with Crippen molar-refractivity contribution in [2.45, 2.75) is 26.8 Å². The third-order valence-corrected chi connectivity index (χ3v) is 3.64. The number of hydrazone groups is 1. The molecule has 0 aliphatic carbocycles. The van der Waals surface area contributed by atoms with E-state index < -0.39 is 5.91 Å². The van der Waals surface area contributed by atoms with Crippen LogP contribution in [-0.2, 0) is 6.54 Å². The maximum atomic E-state index is 12.5. The number of hydrogen-bond acceptors (Lipinski definition) is 5. The molecule has 0 fully saturated rings. The second-order valence-corrected chi connectivity index (χ2v) is 5.57. The van der Waals surface area contributed by atoms with Crippen LogP contribution < -0.4 is 11.0 Å². The normalized spacial score (nSPS) is 11.3. The summed E-state index contributed by atoms with van der Waals surface area (Å²) in [6.45, 7) is 4.21. The predicted molar refractivity (Wildman–Crippen MR) is 94.8 cm³/mol. The molecule has 1 amide bonds. The van der Waals surface area contributed by atoms with E-state index in [0.717, 1.165) is 12.2 Å². The molecule has 1 N–H and O–H groups in total. The number of rotatable bonds is 5. The lowest BCUT2D eigenvalue weighted by atomic mass is 10.1. The number of nitrogens with one attached hydrogen (secondary N) is 1. The van der Waals surface area contributed by atoms with Crippen molar-refractivity contribution in [1.82, 2.24) is 15.2 Å². The van der Waals surface area contributed by atoms with E-state index in [1.54, 1.807) is 36.4 Å². The minimum atomic E-state index is -0.486. The zero-order valence-electron chi connectivity index (χ0n) is 14.0. The fraction of sp³-hybridized carbons (Fsp3) is 0.222.